The summed E-state index contributed by atoms with van der Waals surface area (Å²) in [6.07, 6.45) is 0.918. The Balaban J connectivity index is 2.45. The first-order valence-corrected chi connectivity index (χ1v) is 6.04. The first-order chi connectivity index (χ1) is 7.50. The molecule has 0 spiro atoms. The van der Waals surface area contributed by atoms with E-state index < -0.39 is 0 Å². The molecule has 0 aliphatic heterocycles. The van der Waals surface area contributed by atoms with Crippen molar-refractivity contribution < 1.29 is 4.79 Å². The van der Waals surface area contributed by atoms with E-state index in [0.29, 0.717) is 0 Å². The summed E-state index contributed by atoms with van der Waals surface area (Å²) in [4.78, 5) is 12.9. The van der Waals surface area contributed by atoms with E-state index in [1.54, 1.807) is 0 Å². The minimum atomic E-state index is -0.279. The number of primary amides is 1. The van der Waals surface area contributed by atoms with Gasteiger partial charge < -0.3 is 5.73 Å². The van der Waals surface area contributed by atoms with Crippen molar-refractivity contribution in [2.24, 2.45) is 5.73 Å². The molecule has 0 aliphatic carbocycles. The fourth-order valence-corrected chi connectivity index (χ4v) is 1.63. The normalized spacial score (nSPS) is 12.8. The summed E-state index contributed by atoms with van der Waals surface area (Å²) in [6.45, 7) is 2.65. The number of carbonyl (C=O) groups excluding carboxylic acids is 1. The second kappa shape index (κ2) is 6.01. The molecular weight excluding hydrogens is 268 g/mol. The van der Waals surface area contributed by atoms with Gasteiger partial charge in [0.25, 0.3) is 0 Å². The number of halogens is 1. The van der Waals surface area contributed by atoms with E-state index in [2.05, 4.69) is 28.1 Å². The number of nitrogens with zero attached hydrogens (tertiary/aromatic N) is 1. The van der Waals surface area contributed by atoms with Crippen LogP contribution in [-0.4, -0.2) is 30.4 Å². The number of hydrogen-bond donors (Lipinski definition) is 1. The highest BCUT2D eigenvalue weighted by Crippen LogP contribution is 2.11. The predicted molar refractivity (Wildman–Crippen MR) is 69.1 cm³/mol. The van der Waals surface area contributed by atoms with Crippen molar-refractivity contribution in [2.45, 2.75) is 19.4 Å². The highest BCUT2D eigenvalue weighted by Gasteiger charge is 2.13. The van der Waals surface area contributed by atoms with Crippen LogP contribution in [0.25, 0.3) is 0 Å². The van der Waals surface area contributed by atoms with Crippen molar-refractivity contribution in [3.8, 4) is 0 Å². The molecule has 0 fully saturated rings. The zero-order chi connectivity index (χ0) is 12.1. The van der Waals surface area contributed by atoms with Crippen molar-refractivity contribution in [2.75, 3.05) is 13.6 Å². The Morgan fingerprint density at radius 3 is 2.50 bits per heavy atom. The lowest BCUT2D eigenvalue weighted by atomic mass is 10.1. The molecule has 1 amide bonds. The largest absolute Gasteiger partial charge is 0.368 e. The average Bonchev–Trinajstić information content (AvgIpc) is 2.26. The van der Waals surface area contributed by atoms with Crippen molar-refractivity contribution in [1.82, 2.24) is 4.90 Å². The van der Waals surface area contributed by atoms with Gasteiger partial charge in [-0.15, -0.1) is 0 Å². The van der Waals surface area contributed by atoms with Crippen LogP contribution in [0.4, 0.5) is 0 Å². The lowest BCUT2D eigenvalue weighted by Crippen LogP contribution is -2.41. The first-order valence-electron chi connectivity index (χ1n) is 5.24. The molecule has 1 aromatic rings. The molecule has 0 heterocycles. The Hall–Kier alpha value is -0.870. The number of benzene rings is 1. The lowest BCUT2D eigenvalue weighted by molar-refractivity contribution is -0.122. The number of rotatable bonds is 5. The summed E-state index contributed by atoms with van der Waals surface area (Å²) in [5.41, 5.74) is 6.50. The van der Waals surface area contributed by atoms with Crippen LogP contribution in [0.2, 0.25) is 0 Å². The van der Waals surface area contributed by atoms with E-state index in [-0.39, 0.29) is 11.9 Å². The topological polar surface area (TPSA) is 46.3 Å². The number of amides is 1. The number of likely N-dealkylation sites (N-methyl/N-ethyl adjacent to an activating group) is 1. The molecule has 88 valence electrons. The molecule has 0 radical (unpaired) electrons. The van der Waals surface area contributed by atoms with Gasteiger partial charge in [-0.2, -0.15) is 0 Å². The van der Waals surface area contributed by atoms with Gasteiger partial charge in [-0.25, -0.2) is 0 Å². The molecule has 16 heavy (non-hydrogen) atoms. The molecule has 0 aliphatic rings. The summed E-state index contributed by atoms with van der Waals surface area (Å²) in [7, 11) is 1.91. The first kappa shape index (κ1) is 13.2. The Labute approximate surface area is 105 Å². The molecule has 3 nitrogen and oxygen atoms in total. The van der Waals surface area contributed by atoms with Crippen LogP contribution in [0, 0.1) is 0 Å². The maximum absolute atomic E-state index is 11.0. The smallest absolute Gasteiger partial charge is 0.234 e. The van der Waals surface area contributed by atoms with Gasteiger partial charge >= 0.3 is 0 Å². The zero-order valence-corrected chi connectivity index (χ0v) is 11.2. The maximum Gasteiger partial charge on any atom is 0.234 e. The fraction of sp³-hybridized carbons (Fsp3) is 0.417. The second-order valence-electron chi connectivity index (χ2n) is 3.94. The molecule has 1 atom stereocenters. The van der Waals surface area contributed by atoms with Crippen molar-refractivity contribution in [3.63, 3.8) is 0 Å². The van der Waals surface area contributed by atoms with E-state index in [9.17, 15) is 4.79 Å². The summed E-state index contributed by atoms with van der Waals surface area (Å²) >= 11 is 3.40. The molecule has 1 aromatic carbocycles. The van der Waals surface area contributed by atoms with Crippen LogP contribution in [0.1, 0.15) is 12.5 Å². The van der Waals surface area contributed by atoms with Crippen LogP contribution >= 0.6 is 15.9 Å². The summed E-state index contributed by atoms with van der Waals surface area (Å²) in [5.74, 6) is -0.279. The van der Waals surface area contributed by atoms with E-state index in [1.807, 2.05) is 31.0 Å². The van der Waals surface area contributed by atoms with E-state index in [1.165, 1.54) is 5.56 Å². The average molecular weight is 285 g/mol. The summed E-state index contributed by atoms with van der Waals surface area (Å²) in [5, 5.41) is 0. The van der Waals surface area contributed by atoms with Crippen molar-refractivity contribution >= 4 is 21.8 Å². The van der Waals surface area contributed by atoms with Gasteiger partial charge in [0, 0.05) is 11.0 Å². The minimum absolute atomic E-state index is 0.213. The van der Waals surface area contributed by atoms with Crippen LogP contribution in [-0.2, 0) is 11.2 Å². The highest BCUT2D eigenvalue weighted by molar-refractivity contribution is 9.10. The third-order valence-electron chi connectivity index (χ3n) is 2.74. The molecule has 0 bridgehead atoms. The van der Waals surface area contributed by atoms with Crippen LogP contribution in [0.5, 0.6) is 0 Å². The van der Waals surface area contributed by atoms with Gasteiger partial charge in [-0.05, 0) is 38.1 Å². The lowest BCUT2D eigenvalue weighted by Gasteiger charge is -2.21. The van der Waals surface area contributed by atoms with Crippen molar-refractivity contribution in [1.29, 1.82) is 0 Å². The molecular formula is C12H17BrN2O. The van der Waals surface area contributed by atoms with E-state index in [0.717, 1.165) is 17.4 Å². The molecule has 0 unspecified atom stereocenters. The Kier molecular flexibility index (Phi) is 4.96. The van der Waals surface area contributed by atoms with Gasteiger partial charge in [-0.3, -0.25) is 9.69 Å². The maximum atomic E-state index is 11.0. The molecule has 0 aromatic heterocycles. The zero-order valence-electron chi connectivity index (χ0n) is 9.61. The molecule has 4 heteroatoms. The molecule has 0 saturated carbocycles. The minimum Gasteiger partial charge on any atom is -0.368 e. The summed E-state index contributed by atoms with van der Waals surface area (Å²) in [6, 6.07) is 7.98. The molecule has 0 saturated heterocycles. The fourth-order valence-electron chi connectivity index (χ4n) is 1.37. The third-order valence-corrected chi connectivity index (χ3v) is 3.27. The van der Waals surface area contributed by atoms with Gasteiger partial charge in [0.2, 0.25) is 5.91 Å². The van der Waals surface area contributed by atoms with Crippen molar-refractivity contribution in [3.05, 3.63) is 34.3 Å². The Morgan fingerprint density at radius 2 is 2.00 bits per heavy atom. The number of carbonyl (C=O) groups is 1. The van der Waals surface area contributed by atoms with Gasteiger partial charge in [0.1, 0.15) is 0 Å². The quantitative estimate of drug-likeness (QED) is 0.896. The van der Waals surface area contributed by atoms with Gasteiger partial charge in [-0.1, -0.05) is 28.1 Å². The Bertz CT molecular complexity index is 351. The predicted octanol–water partition coefficient (Wildman–Crippen LogP) is 1.80. The van der Waals surface area contributed by atoms with Crippen LogP contribution in [0.15, 0.2) is 28.7 Å². The number of hydrogen-bond acceptors (Lipinski definition) is 2. The SMILES string of the molecule is C[C@@H](C(N)=O)N(C)CCc1ccc(Br)cc1. The van der Waals surface area contributed by atoms with E-state index >= 15 is 0 Å². The second-order valence-corrected chi connectivity index (χ2v) is 4.85. The van der Waals surface area contributed by atoms with E-state index in [4.69, 9.17) is 5.73 Å². The van der Waals surface area contributed by atoms with Crippen LogP contribution < -0.4 is 5.73 Å². The molecule has 1 rings (SSSR count). The standard InChI is InChI=1S/C12H17BrN2O/c1-9(12(14)16)15(2)8-7-10-3-5-11(13)6-4-10/h3-6,9H,7-8H2,1-2H3,(H2,14,16)/t9-/m0/s1. The van der Waals surface area contributed by atoms with Gasteiger partial charge in [0.15, 0.2) is 0 Å². The highest BCUT2D eigenvalue weighted by atomic mass is 79.9. The third kappa shape index (κ3) is 3.94. The number of nitrogens with two attached hydrogens (primary N) is 1. The summed E-state index contributed by atoms with van der Waals surface area (Å²) < 4.78 is 1.08. The van der Waals surface area contributed by atoms with Crippen LogP contribution in [0.3, 0.4) is 0 Å². The van der Waals surface area contributed by atoms with Gasteiger partial charge in [0.05, 0.1) is 6.04 Å². The Morgan fingerprint density at radius 1 is 1.44 bits per heavy atom. The molecule has 2 N–H and O–H groups in total. The monoisotopic (exact) mass is 284 g/mol.